The number of piperidine rings is 1. The molecule has 2 aromatic rings. The van der Waals surface area contributed by atoms with E-state index in [0.29, 0.717) is 23.2 Å². The first-order chi connectivity index (χ1) is 16.7. The molecule has 1 heterocycles. The molecule has 1 aliphatic rings. The van der Waals surface area contributed by atoms with Gasteiger partial charge < -0.3 is 10.6 Å². The minimum absolute atomic E-state index is 0.0223. The Bertz CT molecular complexity index is 1140. The summed E-state index contributed by atoms with van der Waals surface area (Å²) >= 11 is 0. The summed E-state index contributed by atoms with van der Waals surface area (Å²) in [6, 6.07) is 16.3. The molecule has 188 valence electrons. The Morgan fingerprint density at radius 3 is 2.49 bits per heavy atom. The molecule has 2 N–H and O–H groups in total. The average Bonchev–Trinajstić information content (AvgIpc) is 2.84. The average molecular weight is 497 g/mol. The Morgan fingerprint density at radius 1 is 1.20 bits per heavy atom. The summed E-state index contributed by atoms with van der Waals surface area (Å²) in [5.74, 6) is -0.117. The van der Waals surface area contributed by atoms with Crippen molar-refractivity contribution in [1.29, 1.82) is 5.26 Å². The highest BCUT2D eigenvalue weighted by Crippen LogP contribution is 2.28. The van der Waals surface area contributed by atoms with Crippen LogP contribution in [0.4, 0.5) is 5.69 Å². The van der Waals surface area contributed by atoms with Gasteiger partial charge in [-0.1, -0.05) is 19.1 Å². The Kier molecular flexibility index (Phi) is 9.44. The number of carbonyl (C=O) groups excluding carboxylic acids is 1. The minimum atomic E-state index is -3.26. The zero-order valence-corrected chi connectivity index (χ0v) is 21.6. The second kappa shape index (κ2) is 12.3. The van der Waals surface area contributed by atoms with E-state index in [1.54, 1.807) is 24.3 Å². The van der Waals surface area contributed by atoms with Crippen LogP contribution >= 0.6 is 0 Å². The van der Waals surface area contributed by atoms with Gasteiger partial charge in [-0.3, -0.25) is 9.69 Å². The molecular formula is C27H36N4O3S. The number of anilines is 1. The second-order valence-corrected chi connectivity index (χ2v) is 11.6. The molecule has 2 atom stereocenters. The lowest BCUT2D eigenvalue weighted by Gasteiger charge is -2.41. The van der Waals surface area contributed by atoms with Crippen molar-refractivity contribution >= 4 is 21.4 Å². The van der Waals surface area contributed by atoms with Gasteiger partial charge in [0.25, 0.3) is 5.91 Å². The Hall–Kier alpha value is -2.73. The Balaban J connectivity index is 1.75. The van der Waals surface area contributed by atoms with Crippen LogP contribution in [0.5, 0.6) is 0 Å². The lowest BCUT2D eigenvalue weighted by atomic mass is 9.95. The van der Waals surface area contributed by atoms with Gasteiger partial charge in [0.1, 0.15) is 5.37 Å². The molecule has 0 bridgehead atoms. The number of rotatable bonds is 10. The molecule has 0 radical (unpaired) electrons. The van der Waals surface area contributed by atoms with Crippen LogP contribution in [0.15, 0.2) is 48.5 Å². The topological polar surface area (TPSA) is 102 Å². The van der Waals surface area contributed by atoms with E-state index in [2.05, 4.69) is 29.4 Å². The molecule has 0 saturated carbocycles. The summed E-state index contributed by atoms with van der Waals surface area (Å²) < 4.78 is 25.9. The fourth-order valence-electron chi connectivity index (χ4n) is 4.99. The van der Waals surface area contributed by atoms with E-state index in [-0.39, 0.29) is 17.9 Å². The number of nitrogens with one attached hydrogen (secondary N) is 2. The largest absolute Gasteiger partial charge is 0.322 e. The van der Waals surface area contributed by atoms with Gasteiger partial charge in [-0.05, 0) is 100 Å². The SMILES string of the molecule is CCCN(C(C)Cc1cccc(NC(=O)c2ccc(C#N)cc2)c1)[C@@H](C1CCNCC1)S(C)(=O)=O. The van der Waals surface area contributed by atoms with Crippen LogP contribution in [0.25, 0.3) is 0 Å². The molecule has 1 aliphatic heterocycles. The third kappa shape index (κ3) is 7.38. The highest BCUT2D eigenvalue weighted by atomic mass is 32.2. The van der Waals surface area contributed by atoms with E-state index < -0.39 is 15.2 Å². The molecule has 7 nitrogen and oxygen atoms in total. The Labute approximate surface area is 209 Å². The van der Waals surface area contributed by atoms with Gasteiger partial charge in [-0.2, -0.15) is 5.26 Å². The third-order valence-corrected chi connectivity index (χ3v) is 8.13. The first-order valence-electron chi connectivity index (χ1n) is 12.3. The van der Waals surface area contributed by atoms with Gasteiger partial charge >= 0.3 is 0 Å². The zero-order valence-electron chi connectivity index (χ0n) is 20.8. The van der Waals surface area contributed by atoms with Crippen LogP contribution in [0.3, 0.4) is 0 Å². The van der Waals surface area contributed by atoms with Crippen molar-refractivity contribution in [2.75, 3.05) is 31.2 Å². The minimum Gasteiger partial charge on any atom is -0.322 e. The normalized spacial score (nSPS) is 16.4. The first-order valence-corrected chi connectivity index (χ1v) is 14.2. The molecule has 8 heteroatoms. The van der Waals surface area contributed by atoms with Crippen molar-refractivity contribution in [3.8, 4) is 6.07 Å². The third-order valence-electron chi connectivity index (χ3n) is 6.59. The standard InChI is InChI=1S/C27H36N4O3S/c1-4-16-31(27(35(3,33)34)24-12-14-29-15-13-24)20(2)17-22-6-5-7-25(18-22)30-26(32)23-10-8-21(19-28)9-11-23/h5-11,18,20,24,27,29H,4,12-17H2,1-3H3,(H,30,32)/t20?,27-/m1/s1. The van der Waals surface area contributed by atoms with E-state index in [0.717, 1.165) is 44.5 Å². The highest BCUT2D eigenvalue weighted by molar-refractivity contribution is 7.91. The van der Waals surface area contributed by atoms with Crippen LogP contribution < -0.4 is 10.6 Å². The molecule has 1 fully saturated rings. The van der Waals surface area contributed by atoms with Crippen molar-refractivity contribution in [3.63, 3.8) is 0 Å². The number of hydrogen-bond donors (Lipinski definition) is 2. The lowest BCUT2D eigenvalue weighted by molar-refractivity contribution is 0.102. The van der Waals surface area contributed by atoms with Crippen LogP contribution in [0.1, 0.15) is 54.6 Å². The molecule has 3 rings (SSSR count). The zero-order chi connectivity index (χ0) is 25.4. The lowest BCUT2D eigenvalue weighted by Crippen LogP contribution is -2.52. The molecule has 2 aromatic carbocycles. The number of nitriles is 1. The quantitative estimate of drug-likeness (QED) is 0.518. The molecule has 0 spiro atoms. The number of hydrogen-bond acceptors (Lipinski definition) is 6. The molecule has 0 aromatic heterocycles. The van der Waals surface area contributed by atoms with E-state index in [4.69, 9.17) is 5.26 Å². The number of carbonyl (C=O) groups is 1. The molecule has 1 saturated heterocycles. The highest BCUT2D eigenvalue weighted by Gasteiger charge is 2.37. The molecule has 1 amide bonds. The number of nitrogens with zero attached hydrogens (tertiary/aromatic N) is 2. The van der Waals surface area contributed by atoms with Gasteiger partial charge in [0.05, 0.1) is 11.6 Å². The van der Waals surface area contributed by atoms with E-state index in [1.165, 1.54) is 6.26 Å². The summed E-state index contributed by atoms with van der Waals surface area (Å²) in [6.45, 7) is 6.60. The van der Waals surface area contributed by atoms with Gasteiger partial charge in [-0.25, -0.2) is 8.42 Å². The van der Waals surface area contributed by atoms with Crippen LogP contribution in [0, 0.1) is 17.2 Å². The van der Waals surface area contributed by atoms with Crippen molar-refractivity contribution in [1.82, 2.24) is 10.2 Å². The monoisotopic (exact) mass is 496 g/mol. The van der Waals surface area contributed by atoms with Gasteiger partial charge in [0, 0.05) is 23.5 Å². The van der Waals surface area contributed by atoms with Crippen molar-refractivity contribution < 1.29 is 13.2 Å². The molecule has 35 heavy (non-hydrogen) atoms. The molecule has 0 aliphatic carbocycles. The van der Waals surface area contributed by atoms with Crippen LogP contribution in [-0.4, -0.2) is 56.5 Å². The smallest absolute Gasteiger partial charge is 0.255 e. The summed E-state index contributed by atoms with van der Waals surface area (Å²) in [5.41, 5.74) is 2.71. The van der Waals surface area contributed by atoms with Crippen LogP contribution in [0.2, 0.25) is 0 Å². The van der Waals surface area contributed by atoms with Crippen molar-refractivity contribution in [2.24, 2.45) is 5.92 Å². The fraction of sp³-hybridized carbons (Fsp3) is 0.481. The maximum absolute atomic E-state index is 12.9. The second-order valence-electron chi connectivity index (χ2n) is 9.44. The van der Waals surface area contributed by atoms with Gasteiger partial charge in [0.15, 0.2) is 9.84 Å². The Morgan fingerprint density at radius 2 is 1.89 bits per heavy atom. The molecule has 1 unspecified atom stereocenters. The summed E-state index contributed by atoms with van der Waals surface area (Å²) in [5, 5.41) is 14.7. The maximum atomic E-state index is 12.9. The van der Waals surface area contributed by atoms with Gasteiger partial charge in [0.2, 0.25) is 0 Å². The molecular weight excluding hydrogens is 460 g/mol. The van der Waals surface area contributed by atoms with E-state index in [1.807, 2.05) is 30.3 Å². The maximum Gasteiger partial charge on any atom is 0.255 e. The fourth-order valence-corrected chi connectivity index (χ4v) is 6.76. The van der Waals surface area contributed by atoms with E-state index in [9.17, 15) is 13.2 Å². The first kappa shape index (κ1) is 26.9. The summed E-state index contributed by atoms with van der Waals surface area (Å²) in [7, 11) is -3.26. The van der Waals surface area contributed by atoms with Crippen molar-refractivity contribution in [3.05, 3.63) is 65.2 Å². The van der Waals surface area contributed by atoms with E-state index >= 15 is 0 Å². The number of amides is 1. The summed E-state index contributed by atoms with van der Waals surface area (Å²) in [4.78, 5) is 14.8. The van der Waals surface area contributed by atoms with Gasteiger partial charge in [-0.15, -0.1) is 0 Å². The van der Waals surface area contributed by atoms with Crippen molar-refractivity contribution in [2.45, 2.75) is 50.9 Å². The summed E-state index contributed by atoms with van der Waals surface area (Å²) in [6.07, 6.45) is 4.65. The van der Waals surface area contributed by atoms with Crippen LogP contribution in [-0.2, 0) is 16.3 Å². The predicted molar refractivity (Wildman–Crippen MR) is 140 cm³/mol. The number of benzene rings is 2. The number of sulfone groups is 1. The predicted octanol–water partition coefficient (Wildman–Crippen LogP) is 3.82.